The maximum Gasteiger partial charge on any atom is 0.303 e. The number of nitrogens with one attached hydrogen (secondary N) is 5. The van der Waals surface area contributed by atoms with Crippen molar-refractivity contribution in [2.24, 2.45) is 4.99 Å². The van der Waals surface area contributed by atoms with Gasteiger partial charge in [-0.1, -0.05) is 36.4 Å². The van der Waals surface area contributed by atoms with Crippen LogP contribution in [-0.4, -0.2) is 150 Å². The first-order chi connectivity index (χ1) is 38.8. The van der Waals surface area contributed by atoms with Crippen molar-refractivity contribution in [1.29, 1.82) is 0 Å². The van der Waals surface area contributed by atoms with Gasteiger partial charge in [-0.3, -0.25) is 19.4 Å². The van der Waals surface area contributed by atoms with E-state index in [0.717, 1.165) is 67.4 Å². The minimum absolute atomic E-state index is 0.0616. The molecule has 5 aromatic rings. The molecule has 0 saturated heterocycles. The molecule has 0 saturated carbocycles. The lowest BCUT2D eigenvalue weighted by molar-refractivity contribution is -0.137. The van der Waals surface area contributed by atoms with Gasteiger partial charge in [0.25, 0.3) is 0 Å². The van der Waals surface area contributed by atoms with E-state index < -0.39 is 5.97 Å². The molecule has 5 aromatic carbocycles. The number of carboxylic acids is 1. The molecule has 0 aromatic heterocycles. The Kier molecular flexibility index (Phi) is 30.7. The number of fused-ring (bicyclic) bond motifs is 2. The summed E-state index contributed by atoms with van der Waals surface area (Å²) in [4.78, 5) is 81.1. The van der Waals surface area contributed by atoms with Crippen molar-refractivity contribution in [2.45, 2.75) is 63.8 Å². The lowest BCUT2D eigenvalue weighted by Gasteiger charge is -2.24. The number of anilines is 4. The fraction of sp³-hybridized carbons (Fsp3) is 0.367. The minimum Gasteiger partial charge on any atom is -0.493 e. The van der Waals surface area contributed by atoms with Gasteiger partial charge in [-0.25, -0.2) is 0 Å². The van der Waals surface area contributed by atoms with Crippen LogP contribution in [0.1, 0.15) is 68.7 Å². The molecule has 0 aliphatic carbocycles. The Bertz CT molecular complexity index is 2750. The number of rotatable bonds is 27. The zero-order chi connectivity index (χ0) is 58.7. The van der Waals surface area contributed by atoms with Crippen LogP contribution in [0.25, 0.3) is 0 Å². The molecule has 2 atom stereocenters. The van der Waals surface area contributed by atoms with E-state index in [0.29, 0.717) is 90.9 Å². The first-order valence-corrected chi connectivity index (χ1v) is 26.0. The Morgan fingerprint density at radius 3 is 1.62 bits per heavy atom. The number of aldehydes is 6. The molecule has 0 spiro atoms. The Morgan fingerprint density at radius 1 is 0.637 bits per heavy atom. The van der Waals surface area contributed by atoms with Crippen LogP contribution in [-0.2, 0) is 50.0 Å². The number of carbonyl (C=O) groups is 7. The quantitative estimate of drug-likeness (QED) is 0.0179. The molecule has 430 valence electrons. The predicted octanol–water partition coefficient (Wildman–Crippen LogP) is 6.81. The number of ether oxygens (including phenoxy) is 4. The van der Waals surface area contributed by atoms with Gasteiger partial charge >= 0.3 is 5.97 Å². The highest BCUT2D eigenvalue weighted by Crippen LogP contribution is 2.38. The van der Waals surface area contributed by atoms with Crippen LogP contribution in [0, 0.1) is 0 Å². The van der Waals surface area contributed by atoms with Crippen molar-refractivity contribution in [3.63, 3.8) is 0 Å². The number of carboxylic acid groups (broad SMARTS) is 1. The van der Waals surface area contributed by atoms with Crippen molar-refractivity contribution in [2.75, 3.05) is 103 Å². The van der Waals surface area contributed by atoms with Gasteiger partial charge in [0, 0.05) is 92.8 Å². The van der Waals surface area contributed by atoms with Crippen molar-refractivity contribution >= 4 is 78.3 Å². The third-order valence-electron chi connectivity index (χ3n) is 12.4. The number of nitrogens with zero attached hydrogens (tertiary/aromatic N) is 3. The summed E-state index contributed by atoms with van der Waals surface area (Å²) in [6.07, 6.45) is 10.5. The summed E-state index contributed by atoms with van der Waals surface area (Å²) in [5, 5.41) is 22.8. The largest absolute Gasteiger partial charge is 0.493 e. The fourth-order valence-electron chi connectivity index (χ4n) is 8.23. The SMILES string of the molecule is CNCC=O.CNCC=O.CNCC=O.CNc1cc(COc2cc(N=C[C@@H]3Cc4ccccc4N3C)c(C=O)cc2OC)cc(COc2cc(NCC3Cc4ccccc4N3C)c(C=O)cc2OC)c1.O=CCCCCC(=O)O. The number of carbonyl (C=O) groups excluding carboxylic acids is 6. The fourth-order valence-corrected chi connectivity index (χ4v) is 8.23. The van der Waals surface area contributed by atoms with Gasteiger partial charge in [0.05, 0.1) is 51.6 Å². The summed E-state index contributed by atoms with van der Waals surface area (Å²) in [7, 11) is 14.3. The molecular formula is C60H78N8O12. The van der Waals surface area contributed by atoms with Gasteiger partial charge in [0.15, 0.2) is 35.6 Å². The lowest BCUT2D eigenvalue weighted by Crippen LogP contribution is -2.34. The molecule has 20 nitrogen and oxygen atoms in total. The molecule has 80 heavy (non-hydrogen) atoms. The number of para-hydroxylation sites is 2. The maximum absolute atomic E-state index is 12.1. The Hall–Kier alpha value is -8.46. The highest BCUT2D eigenvalue weighted by Gasteiger charge is 2.27. The Labute approximate surface area is 469 Å². The molecule has 20 heteroatoms. The van der Waals surface area contributed by atoms with E-state index >= 15 is 0 Å². The lowest BCUT2D eigenvalue weighted by atomic mass is 10.1. The van der Waals surface area contributed by atoms with Crippen molar-refractivity contribution in [3.8, 4) is 23.0 Å². The smallest absolute Gasteiger partial charge is 0.303 e. The third-order valence-corrected chi connectivity index (χ3v) is 12.4. The first kappa shape index (κ1) is 65.8. The van der Waals surface area contributed by atoms with Crippen LogP contribution in [0.2, 0.25) is 0 Å². The van der Waals surface area contributed by atoms with Crippen LogP contribution >= 0.6 is 0 Å². The number of hydrogen-bond donors (Lipinski definition) is 6. The molecule has 1 unspecified atom stereocenters. The van der Waals surface area contributed by atoms with Crippen LogP contribution in [0.5, 0.6) is 23.0 Å². The summed E-state index contributed by atoms with van der Waals surface area (Å²) < 4.78 is 24.0. The summed E-state index contributed by atoms with van der Waals surface area (Å²) >= 11 is 0. The van der Waals surface area contributed by atoms with E-state index in [1.165, 1.54) is 22.5 Å². The summed E-state index contributed by atoms with van der Waals surface area (Å²) in [6, 6.07) is 30.0. The van der Waals surface area contributed by atoms with E-state index in [-0.39, 0.29) is 31.7 Å². The van der Waals surface area contributed by atoms with E-state index in [2.05, 4.69) is 86.9 Å². The van der Waals surface area contributed by atoms with Crippen LogP contribution in [0.4, 0.5) is 28.4 Å². The van der Waals surface area contributed by atoms with Gasteiger partial charge < -0.3 is 79.6 Å². The predicted molar refractivity (Wildman–Crippen MR) is 315 cm³/mol. The van der Waals surface area contributed by atoms with E-state index in [1.54, 1.807) is 53.6 Å². The van der Waals surface area contributed by atoms with Crippen molar-refractivity contribution in [3.05, 3.63) is 124 Å². The average molecular weight is 1100 g/mol. The number of unbranched alkanes of at least 4 members (excludes halogenated alkanes) is 2. The molecular weight excluding hydrogens is 1020 g/mol. The topological polar surface area (TPSA) is 256 Å². The maximum atomic E-state index is 12.1. The molecule has 2 heterocycles. The normalized spacial score (nSPS) is 13.3. The zero-order valence-electron chi connectivity index (χ0n) is 47.1. The molecule has 6 N–H and O–H groups in total. The molecule has 2 aliphatic heterocycles. The highest BCUT2D eigenvalue weighted by molar-refractivity contribution is 5.88. The standard InChI is InChI=1S/C45H47N5O6.C6H10O3.3C3H7NO/c1-46-35-15-29(27-55-44-21-38(33(25-51)19-42(44)53-4)47-23-36-17-31-10-6-8-12-40(31)49(36)2)14-30(16-35)28-56-45-22-39(34(26-52)20-43(45)54-5)48-24-37-18-32-11-7-9-13-41(32)50(37)3;7-5-3-1-2-4-6(8)9;3*1-4-2-3-5/h6-16,19-23,25-26,36-37,46,48H,17-18,24,27-28H2,1-5H3;5H,1-4H2,(H,8,9);3*3-4H,2H2,1H3/t36-,37?;;;;/m0..../s1. The number of benzene rings is 5. The van der Waals surface area contributed by atoms with Gasteiger partial charge in [-0.05, 0) is 112 Å². The highest BCUT2D eigenvalue weighted by atomic mass is 16.5. The number of methoxy groups -OCH3 is 2. The van der Waals surface area contributed by atoms with Crippen LogP contribution in [0.3, 0.4) is 0 Å². The van der Waals surface area contributed by atoms with Gasteiger partial charge in [0.2, 0.25) is 0 Å². The molecule has 0 radical (unpaired) electrons. The monoisotopic (exact) mass is 1100 g/mol. The summed E-state index contributed by atoms with van der Waals surface area (Å²) in [5.41, 5.74) is 9.73. The van der Waals surface area contributed by atoms with Crippen LogP contribution < -0.4 is 55.3 Å². The first-order valence-electron chi connectivity index (χ1n) is 26.0. The second-order valence-corrected chi connectivity index (χ2v) is 18.0. The number of aliphatic imine (C=N–C) groups is 1. The van der Waals surface area contributed by atoms with E-state index in [1.807, 2.05) is 49.7 Å². The van der Waals surface area contributed by atoms with E-state index in [4.69, 9.17) is 29.0 Å². The van der Waals surface area contributed by atoms with Gasteiger partial charge in [-0.15, -0.1) is 0 Å². The number of hydrogen-bond acceptors (Lipinski definition) is 19. The van der Waals surface area contributed by atoms with E-state index in [9.17, 15) is 33.6 Å². The number of likely N-dealkylation sites (N-methyl/N-ethyl adjacent to an activating group) is 5. The molecule has 0 bridgehead atoms. The second-order valence-electron chi connectivity index (χ2n) is 18.0. The van der Waals surface area contributed by atoms with Crippen molar-refractivity contribution < 1.29 is 57.6 Å². The van der Waals surface area contributed by atoms with Crippen LogP contribution in [0.15, 0.2) is 96.0 Å². The number of aliphatic carboxylic acids is 1. The third kappa shape index (κ3) is 21.4. The summed E-state index contributed by atoms with van der Waals surface area (Å²) in [6.45, 7) is 2.47. The molecule has 2 aliphatic rings. The Balaban J connectivity index is 0.000000585. The molecule has 0 amide bonds. The summed E-state index contributed by atoms with van der Waals surface area (Å²) in [5.74, 6) is 1.08. The minimum atomic E-state index is -0.791. The second kappa shape index (κ2) is 37.4. The molecule has 0 fully saturated rings. The Morgan fingerprint density at radius 2 is 1.16 bits per heavy atom. The average Bonchev–Trinajstić information content (AvgIpc) is 3.98. The molecule has 7 rings (SSSR count). The zero-order valence-corrected chi connectivity index (χ0v) is 47.1. The van der Waals surface area contributed by atoms with Gasteiger partial charge in [-0.2, -0.15) is 0 Å². The van der Waals surface area contributed by atoms with Crippen molar-refractivity contribution in [1.82, 2.24) is 16.0 Å². The van der Waals surface area contributed by atoms with Gasteiger partial charge in [0.1, 0.15) is 38.4 Å².